The van der Waals surface area contributed by atoms with E-state index in [4.69, 9.17) is 8.83 Å². The SMILES string of the molecule is Cc1c(C(=O)NC(CO)c2ccco2)oc2c(C)cccc12. The molecule has 5 nitrogen and oxygen atoms in total. The Morgan fingerprint density at radius 3 is 2.73 bits per heavy atom. The van der Waals surface area contributed by atoms with E-state index in [1.165, 1.54) is 6.26 Å². The second kappa shape index (κ2) is 5.69. The predicted molar refractivity (Wildman–Crippen MR) is 81.7 cm³/mol. The molecule has 2 aromatic heterocycles. The fourth-order valence-corrected chi connectivity index (χ4v) is 2.52. The van der Waals surface area contributed by atoms with Crippen LogP contribution in [0.3, 0.4) is 0 Å². The van der Waals surface area contributed by atoms with Gasteiger partial charge in [-0.3, -0.25) is 4.79 Å². The Kier molecular flexibility index (Phi) is 3.73. The van der Waals surface area contributed by atoms with Crippen LogP contribution in [0.15, 0.2) is 45.4 Å². The normalized spacial score (nSPS) is 12.5. The topological polar surface area (TPSA) is 75.6 Å². The Morgan fingerprint density at radius 2 is 2.09 bits per heavy atom. The van der Waals surface area contributed by atoms with E-state index in [-0.39, 0.29) is 18.3 Å². The number of nitrogens with one attached hydrogen (secondary N) is 1. The van der Waals surface area contributed by atoms with E-state index in [0.717, 1.165) is 16.5 Å². The lowest BCUT2D eigenvalue weighted by molar-refractivity contribution is 0.0880. The number of carbonyl (C=O) groups is 1. The summed E-state index contributed by atoms with van der Waals surface area (Å²) in [6.45, 7) is 3.53. The van der Waals surface area contributed by atoms with Crippen LogP contribution in [-0.4, -0.2) is 17.6 Å². The third-order valence-electron chi connectivity index (χ3n) is 3.74. The molecule has 0 aliphatic heterocycles. The number of benzene rings is 1. The minimum Gasteiger partial charge on any atom is -0.467 e. The molecule has 5 heteroatoms. The van der Waals surface area contributed by atoms with Gasteiger partial charge in [-0.05, 0) is 31.5 Å². The third-order valence-corrected chi connectivity index (χ3v) is 3.74. The van der Waals surface area contributed by atoms with E-state index in [2.05, 4.69) is 5.32 Å². The molecule has 3 aromatic rings. The number of hydrogen-bond donors (Lipinski definition) is 2. The molecule has 0 saturated heterocycles. The van der Waals surface area contributed by atoms with Crippen LogP contribution in [0.4, 0.5) is 0 Å². The van der Waals surface area contributed by atoms with Crippen molar-refractivity contribution in [3.63, 3.8) is 0 Å². The van der Waals surface area contributed by atoms with Gasteiger partial charge in [-0.25, -0.2) is 0 Å². The summed E-state index contributed by atoms with van der Waals surface area (Å²) in [6.07, 6.45) is 1.50. The maximum absolute atomic E-state index is 12.5. The lowest BCUT2D eigenvalue weighted by Gasteiger charge is -2.13. The van der Waals surface area contributed by atoms with Crippen molar-refractivity contribution in [1.82, 2.24) is 5.32 Å². The predicted octanol–water partition coefficient (Wildman–Crippen LogP) is 3.11. The number of aliphatic hydroxyl groups excluding tert-OH is 1. The van der Waals surface area contributed by atoms with E-state index in [1.807, 2.05) is 32.0 Å². The van der Waals surface area contributed by atoms with Crippen molar-refractivity contribution in [2.75, 3.05) is 6.61 Å². The van der Waals surface area contributed by atoms with Gasteiger partial charge in [-0.2, -0.15) is 0 Å². The van der Waals surface area contributed by atoms with Gasteiger partial charge in [0.1, 0.15) is 17.4 Å². The summed E-state index contributed by atoms with van der Waals surface area (Å²) in [5, 5.41) is 13.1. The molecule has 3 rings (SSSR count). The Bertz CT molecular complexity index is 802. The molecule has 22 heavy (non-hydrogen) atoms. The van der Waals surface area contributed by atoms with Crippen molar-refractivity contribution < 1.29 is 18.7 Å². The first-order chi connectivity index (χ1) is 10.6. The molecule has 0 radical (unpaired) electrons. The monoisotopic (exact) mass is 299 g/mol. The van der Waals surface area contributed by atoms with Gasteiger partial charge in [0, 0.05) is 10.9 Å². The molecule has 0 saturated carbocycles. The fourth-order valence-electron chi connectivity index (χ4n) is 2.52. The molecule has 0 aliphatic carbocycles. The molecular formula is C17H17NO4. The smallest absolute Gasteiger partial charge is 0.287 e. The average Bonchev–Trinajstić information content (AvgIpc) is 3.14. The molecule has 0 aliphatic rings. The van der Waals surface area contributed by atoms with Gasteiger partial charge < -0.3 is 19.3 Å². The van der Waals surface area contributed by atoms with Gasteiger partial charge in [0.15, 0.2) is 5.76 Å². The first kappa shape index (κ1) is 14.4. The zero-order valence-corrected chi connectivity index (χ0v) is 12.4. The van der Waals surface area contributed by atoms with Crippen LogP contribution in [0.25, 0.3) is 11.0 Å². The van der Waals surface area contributed by atoms with Crippen LogP contribution < -0.4 is 5.32 Å². The van der Waals surface area contributed by atoms with E-state index < -0.39 is 6.04 Å². The molecule has 1 amide bonds. The minimum atomic E-state index is -0.601. The number of rotatable bonds is 4. The van der Waals surface area contributed by atoms with E-state index >= 15 is 0 Å². The number of para-hydroxylation sites is 1. The zero-order chi connectivity index (χ0) is 15.7. The molecule has 0 spiro atoms. The summed E-state index contributed by atoms with van der Waals surface area (Å²) >= 11 is 0. The number of aliphatic hydroxyl groups is 1. The molecule has 1 unspecified atom stereocenters. The Hall–Kier alpha value is -2.53. The largest absolute Gasteiger partial charge is 0.467 e. The second-order valence-corrected chi connectivity index (χ2v) is 5.23. The van der Waals surface area contributed by atoms with Gasteiger partial charge in [-0.1, -0.05) is 18.2 Å². The summed E-state index contributed by atoms with van der Waals surface area (Å²) in [4.78, 5) is 12.5. The molecule has 2 N–H and O–H groups in total. The molecule has 1 atom stereocenters. The maximum atomic E-state index is 12.5. The Labute approximate surface area is 127 Å². The van der Waals surface area contributed by atoms with Crippen molar-refractivity contribution in [2.24, 2.45) is 0 Å². The van der Waals surface area contributed by atoms with Gasteiger partial charge >= 0.3 is 0 Å². The van der Waals surface area contributed by atoms with Gasteiger partial charge in [0.05, 0.1) is 12.9 Å². The quantitative estimate of drug-likeness (QED) is 0.776. The molecule has 1 aromatic carbocycles. The fraction of sp³-hybridized carbons (Fsp3) is 0.235. The van der Waals surface area contributed by atoms with Crippen LogP contribution >= 0.6 is 0 Å². The standard InChI is InChI=1S/C17H17NO4/c1-10-5-3-6-12-11(2)16(22-15(10)12)17(20)18-13(9-19)14-7-4-8-21-14/h3-8,13,19H,9H2,1-2H3,(H,18,20). The number of aryl methyl sites for hydroxylation is 2. The third kappa shape index (κ3) is 2.40. The number of fused-ring (bicyclic) bond motifs is 1. The molecule has 0 fully saturated rings. The summed E-state index contributed by atoms with van der Waals surface area (Å²) in [5.74, 6) is 0.388. The lowest BCUT2D eigenvalue weighted by Crippen LogP contribution is -2.30. The highest BCUT2D eigenvalue weighted by Crippen LogP contribution is 2.28. The summed E-state index contributed by atoms with van der Waals surface area (Å²) in [7, 11) is 0. The van der Waals surface area contributed by atoms with Crippen molar-refractivity contribution in [3.05, 3.63) is 59.2 Å². The number of amides is 1. The number of furan rings is 2. The van der Waals surface area contributed by atoms with Crippen molar-refractivity contribution in [1.29, 1.82) is 0 Å². The van der Waals surface area contributed by atoms with E-state index in [9.17, 15) is 9.90 Å². The van der Waals surface area contributed by atoms with Gasteiger partial charge in [0.2, 0.25) is 0 Å². The van der Waals surface area contributed by atoms with Crippen LogP contribution in [0, 0.1) is 13.8 Å². The highest BCUT2D eigenvalue weighted by Gasteiger charge is 2.22. The molecule has 2 heterocycles. The first-order valence-electron chi connectivity index (χ1n) is 7.05. The second-order valence-electron chi connectivity index (χ2n) is 5.23. The summed E-state index contributed by atoms with van der Waals surface area (Å²) < 4.78 is 11.0. The maximum Gasteiger partial charge on any atom is 0.287 e. The zero-order valence-electron chi connectivity index (χ0n) is 12.4. The highest BCUT2D eigenvalue weighted by molar-refractivity contribution is 5.99. The van der Waals surface area contributed by atoms with Crippen molar-refractivity contribution in [2.45, 2.75) is 19.9 Å². The van der Waals surface area contributed by atoms with Crippen molar-refractivity contribution >= 4 is 16.9 Å². The Balaban J connectivity index is 1.92. The lowest BCUT2D eigenvalue weighted by atomic mass is 10.1. The molecular weight excluding hydrogens is 282 g/mol. The van der Waals surface area contributed by atoms with E-state index in [0.29, 0.717) is 11.3 Å². The van der Waals surface area contributed by atoms with Crippen LogP contribution in [0.5, 0.6) is 0 Å². The van der Waals surface area contributed by atoms with Gasteiger partial charge in [0.25, 0.3) is 5.91 Å². The number of hydrogen-bond acceptors (Lipinski definition) is 4. The van der Waals surface area contributed by atoms with Crippen LogP contribution in [0.1, 0.15) is 33.5 Å². The molecule has 0 bridgehead atoms. The van der Waals surface area contributed by atoms with E-state index in [1.54, 1.807) is 12.1 Å². The number of carbonyl (C=O) groups excluding carboxylic acids is 1. The average molecular weight is 299 g/mol. The van der Waals surface area contributed by atoms with Crippen molar-refractivity contribution in [3.8, 4) is 0 Å². The Morgan fingerprint density at radius 1 is 1.27 bits per heavy atom. The summed E-state index contributed by atoms with van der Waals surface area (Å²) in [5.41, 5.74) is 2.47. The summed E-state index contributed by atoms with van der Waals surface area (Å²) in [6, 6.07) is 8.61. The van der Waals surface area contributed by atoms with Crippen LogP contribution in [-0.2, 0) is 0 Å². The highest BCUT2D eigenvalue weighted by atomic mass is 16.4. The minimum absolute atomic E-state index is 0.252. The van der Waals surface area contributed by atoms with Crippen LogP contribution in [0.2, 0.25) is 0 Å². The van der Waals surface area contributed by atoms with Gasteiger partial charge in [-0.15, -0.1) is 0 Å². The molecule has 114 valence electrons. The first-order valence-corrected chi connectivity index (χ1v) is 7.05.